The quantitative estimate of drug-likeness (QED) is 0.903. The molecule has 0 unspecified atom stereocenters. The average Bonchev–Trinajstić information content (AvgIpc) is 2.62. The van der Waals surface area contributed by atoms with E-state index in [9.17, 15) is 4.79 Å². The SMILES string of the molecule is CC(C)(C)c1ccc(C(=O)Nc2ccc(N3CCNCC3)cn2)cc1. The molecule has 0 spiro atoms. The summed E-state index contributed by atoms with van der Waals surface area (Å²) in [6, 6.07) is 11.6. The van der Waals surface area contributed by atoms with E-state index in [1.54, 1.807) is 0 Å². The summed E-state index contributed by atoms with van der Waals surface area (Å²) in [5.41, 5.74) is 3.02. The van der Waals surface area contributed by atoms with Crippen LogP contribution in [0.4, 0.5) is 11.5 Å². The Morgan fingerprint density at radius 1 is 1.08 bits per heavy atom. The Hall–Kier alpha value is -2.40. The molecular formula is C20H26N4O. The van der Waals surface area contributed by atoms with Crippen molar-refractivity contribution in [1.29, 1.82) is 0 Å². The summed E-state index contributed by atoms with van der Waals surface area (Å²) >= 11 is 0. The molecule has 25 heavy (non-hydrogen) atoms. The van der Waals surface area contributed by atoms with Crippen LogP contribution in [-0.4, -0.2) is 37.1 Å². The Kier molecular flexibility index (Phi) is 5.04. The molecule has 5 heteroatoms. The Bertz CT molecular complexity index is 711. The first kappa shape index (κ1) is 17.4. The van der Waals surface area contributed by atoms with Gasteiger partial charge in [0.05, 0.1) is 11.9 Å². The summed E-state index contributed by atoms with van der Waals surface area (Å²) in [7, 11) is 0. The largest absolute Gasteiger partial charge is 0.368 e. The Labute approximate surface area is 149 Å². The van der Waals surface area contributed by atoms with E-state index in [0.717, 1.165) is 31.9 Å². The summed E-state index contributed by atoms with van der Waals surface area (Å²) in [4.78, 5) is 19.1. The predicted molar refractivity (Wildman–Crippen MR) is 102 cm³/mol. The van der Waals surface area contributed by atoms with Crippen LogP contribution < -0.4 is 15.5 Å². The van der Waals surface area contributed by atoms with E-state index < -0.39 is 0 Å². The van der Waals surface area contributed by atoms with Crippen LogP contribution in [0, 0.1) is 0 Å². The highest BCUT2D eigenvalue weighted by molar-refractivity contribution is 6.03. The van der Waals surface area contributed by atoms with Gasteiger partial charge in [0.25, 0.3) is 5.91 Å². The van der Waals surface area contributed by atoms with E-state index in [2.05, 4.69) is 41.3 Å². The van der Waals surface area contributed by atoms with Crippen molar-refractivity contribution in [2.75, 3.05) is 36.4 Å². The number of piperazine rings is 1. The van der Waals surface area contributed by atoms with Gasteiger partial charge in [0, 0.05) is 31.7 Å². The molecule has 3 rings (SSSR count). The van der Waals surface area contributed by atoms with Gasteiger partial charge in [-0.1, -0.05) is 32.9 Å². The average molecular weight is 338 g/mol. The van der Waals surface area contributed by atoms with Crippen LogP contribution in [0.15, 0.2) is 42.6 Å². The van der Waals surface area contributed by atoms with Crippen molar-refractivity contribution in [3.05, 3.63) is 53.7 Å². The van der Waals surface area contributed by atoms with Crippen LogP contribution in [0.3, 0.4) is 0 Å². The molecule has 1 amide bonds. The fourth-order valence-corrected chi connectivity index (χ4v) is 2.88. The van der Waals surface area contributed by atoms with E-state index >= 15 is 0 Å². The number of amides is 1. The number of nitrogens with zero attached hydrogens (tertiary/aromatic N) is 2. The summed E-state index contributed by atoms with van der Waals surface area (Å²) in [6.07, 6.45) is 1.82. The molecule has 2 heterocycles. The molecule has 2 aromatic rings. The highest BCUT2D eigenvalue weighted by atomic mass is 16.1. The van der Waals surface area contributed by atoms with Crippen LogP contribution in [-0.2, 0) is 5.41 Å². The highest BCUT2D eigenvalue weighted by Gasteiger charge is 2.15. The minimum Gasteiger partial charge on any atom is -0.368 e. The summed E-state index contributed by atoms with van der Waals surface area (Å²) in [5.74, 6) is 0.437. The molecule has 5 nitrogen and oxygen atoms in total. The van der Waals surface area contributed by atoms with Crippen LogP contribution in [0.5, 0.6) is 0 Å². The number of nitrogens with one attached hydrogen (secondary N) is 2. The first-order valence-corrected chi connectivity index (χ1v) is 8.77. The molecule has 0 radical (unpaired) electrons. The van der Waals surface area contributed by atoms with Crippen molar-refractivity contribution in [2.24, 2.45) is 0 Å². The third-order valence-corrected chi connectivity index (χ3v) is 4.48. The maximum Gasteiger partial charge on any atom is 0.256 e. The second kappa shape index (κ2) is 7.23. The summed E-state index contributed by atoms with van der Waals surface area (Å²) in [5, 5.41) is 6.20. The van der Waals surface area contributed by atoms with E-state index in [-0.39, 0.29) is 11.3 Å². The van der Waals surface area contributed by atoms with Crippen LogP contribution >= 0.6 is 0 Å². The lowest BCUT2D eigenvalue weighted by molar-refractivity contribution is 0.102. The van der Waals surface area contributed by atoms with Gasteiger partial charge in [0.15, 0.2) is 0 Å². The Morgan fingerprint density at radius 3 is 2.32 bits per heavy atom. The van der Waals surface area contributed by atoms with Gasteiger partial charge >= 0.3 is 0 Å². The van der Waals surface area contributed by atoms with Gasteiger partial charge in [0.1, 0.15) is 5.82 Å². The number of rotatable bonds is 3. The van der Waals surface area contributed by atoms with Gasteiger partial charge < -0.3 is 15.5 Å². The van der Waals surface area contributed by atoms with E-state index in [4.69, 9.17) is 0 Å². The molecule has 0 atom stereocenters. The number of carbonyl (C=O) groups excluding carboxylic acids is 1. The van der Waals surface area contributed by atoms with Crippen molar-refractivity contribution in [3.8, 4) is 0 Å². The molecule has 1 aliphatic heterocycles. The lowest BCUT2D eigenvalue weighted by atomic mass is 9.87. The molecule has 1 aromatic heterocycles. The van der Waals surface area contributed by atoms with Gasteiger partial charge in [-0.2, -0.15) is 0 Å². The van der Waals surface area contributed by atoms with Crippen LogP contribution in [0.2, 0.25) is 0 Å². The Balaban J connectivity index is 1.64. The van der Waals surface area contributed by atoms with Gasteiger partial charge in [-0.15, -0.1) is 0 Å². The lowest BCUT2D eigenvalue weighted by Gasteiger charge is -2.29. The second-order valence-corrected chi connectivity index (χ2v) is 7.42. The molecule has 0 bridgehead atoms. The van der Waals surface area contributed by atoms with Crippen molar-refractivity contribution in [2.45, 2.75) is 26.2 Å². The van der Waals surface area contributed by atoms with Crippen LogP contribution in [0.1, 0.15) is 36.7 Å². The highest BCUT2D eigenvalue weighted by Crippen LogP contribution is 2.22. The topological polar surface area (TPSA) is 57.3 Å². The fraction of sp³-hybridized carbons (Fsp3) is 0.400. The minimum atomic E-state index is -0.136. The van der Waals surface area contributed by atoms with Gasteiger partial charge in [-0.05, 0) is 35.2 Å². The smallest absolute Gasteiger partial charge is 0.256 e. The molecule has 1 aromatic carbocycles. The first-order chi connectivity index (χ1) is 11.9. The number of aromatic nitrogens is 1. The number of benzene rings is 1. The van der Waals surface area contributed by atoms with E-state index in [0.29, 0.717) is 11.4 Å². The maximum atomic E-state index is 12.4. The molecular weight excluding hydrogens is 312 g/mol. The van der Waals surface area contributed by atoms with Crippen molar-refractivity contribution >= 4 is 17.4 Å². The molecule has 0 saturated carbocycles. The fourth-order valence-electron chi connectivity index (χ4n) is 2.88. The molecule has 0 aliphatic carbocycles. The molecule has 2 N–H and O–H groups in total. The molecule has 132 valence electrons. The second-order valence-electron chi connectivity index (χ2n) is 7.42. The van der Waals surface area contributed by atoms with Gasteiger partial charge in [0.2, 0.25) is 0 Å². The number of pyridine rings is 1. The van der Waals surface area contributed by atoms with Gasteiger partial charge in [-0.25, -0.2) is 4.98 Å². The number of hydrogen-bond donors (Lipinski definition) is 2. The third-order valence-electron chi connectivity index (χ3n) is 4.48. The maximum absolute atomic E-state index is 12.4. The van der Waals surface area contributed by atoms with Crippen LogP contribution in [0.25, 0.3) is 0 Å². The van der Waals surface area contributed by atoms with Gasteiger partial charge in [-0.3, -0.25) is 4.79 Å². The lowest BCUT2D eigenvalue weighted by Crippen LogP contribution is -2.43. The zero-order valence-electron chi connectivity index (χ0n) is 15.2. The number of carbonyl (C=O) groups is 1. The normalized spacial score (nSPS) is 15.1. The zero-order chi connectivity index (χ0) is 17.9. The number of hydrogen-bond acceptors (Lipinski definition) is 4. The first-order valence-electron chi connectivity index (χ1n) is 8.77. The van der Waals surface area contributed by atoms with Crippen molar-refractivity contribution in [1.82, 2.24) is 10.3 Å². The summed E-state index contributed by atoms with van der Waals surface area (Å²) in [6.45, 7) is 10.4. The summed E-state index contributed by atoms with van der Waals surface area (Å²) < 4.78 is 0. The molecule has 1 saturated heterocycles. The predicted octanol–water partition coefficient (Wildman–Crippen LogP) is 3.04. The zero-order valence-corrected chi connectivity index (χ0v) is 15.2. The minimum absolute atomic E-state index is 0.0797. The third kappa shape index (κ3) is 4.37. The van der Waals surface area contributed by atoms with E-state index in [1.807, 2.05) is 42.6 Å². The monoisotopic (exact) mass is 338 g/mol. The van der Waals surface area contributed by atoms with E-state index in [1.165, 1.54) is 5.56 Å². The Morgan fingerprint density at radius 2 is 1.76 bits per heavy atom. The van der Waals surface area contributed by atoms with Crippen molar-refractivity contribution < 1.29 is 4.79 Å². The van der Waals surface area contributed by atoms with Crippen molar-refractivity contribution in [3.63, 3.8) is 0 Å². The number of anilines is 2. The molecule has 1 aliphatic rings. The standard InChI is InChI=1S/C20H26N4O/c1-20(2,3)16-6-4-15(5-7-16)19(25)23-18-9-8-17(14-22-18)24-12-10-21-11-13-24/h4-9,14,21H,10-13H2,1-3H3,(H,22,23,25). The molecule has 1 fully saturated rings.